The summed E-state index contributed by atoms with van der Waals surface area (Å²) in [5.41, 5.74) is 2.40. The van der Waals surface area contributed by atoms with Crippen molar-refractivity contribution in [2.45, 2.75) is 0 Å². The van der Waals surface area contributed by atoms with Gasteiger partial charge in [-0.05, 0) is 24.3 Å². The molecule has 2 aromatic heterocycles. The van der Waals surface area contributed by atoms with Gasteiger partial charge in [-0.3, -0.25) is 24.8 Å². The molecule has 0 aliphatic carbocycles. The summed E-state index contributed by atoms with van der Waals surface area (Å²) in [6.07, 6.45) is 4.10. The highest BCUT2D eigenvalue weighted by Gasteiger charge is 2.18. The third kappa shape index (κ3) is 4.90. The second-order valence-electron chi connectivity index (χ2n) is 5.79. The van der Waals surface area contributed by atoms with E-state index in [0.717, 1.165) is 0 Å². The SMILES string of the molecule is CN(NC(=O)/C(=C/c1ccco1)NC(=O)c1ccccc1)c1cn[nH]c(=O)c1Cl. The molecular formula is C19H16ClN5O4. The Morgan fingerprint density at radius 1 is 1.21 bits per heavy atom. The molecule has 3 rings (SSSR count). The van der Waals surface area contributed by atoms with Crippen molar-refractivity contribution < 1.29 is 14.0 Å². The van der Waals surface area contributed by atoms with E-state index < -0.39 is 17.4 Å². The predicted octanol–water partition coefficient (Wildman–Crippen LogP) is 1.95. The number of H-pyrrole nitrogens is 1. The fourth-order valence-corrected chi connectivity index (χ4v) is 2.56. The van der Waals surface area contributed by atoms with Crippen LogP contribution in [0, 0.1) is 0 Å². The standard InChI is InChI=1S/C19H16ClN5O4/c1-25(15-11-21-23-19(28)16(15)20)24-18(27)14(10-13-8-5-9-29-13)22-17(26)12-6-3-2-4-7-12/h2-11H,1H3,(H,22,26)(H,23,28)(H,24,27)/b14-10-. The molecule has 0 radical (unpaired) electrons. The number of aromatic nitrogens is 2. The molecule has 1 aromatic carbocycles. The van der Waals surface area contributed by atoms with Crippen LogP contribution in [0.2, 0.25) is 5.02 Å². The number of furan rings is 1. The highest BCUT2D eigenvalue weighted by atomic mass is 35.5. The first kappa shape index (κ1) is 19.9. The van der Waals surface area contributed by atoms with Gasteiger partial charge in [0.25, 0.3) is 17.4 Å². The molecular weight excluding hydrogens is 398 g/mol. The summed E-state index contributed by atoms with van der Waals surface area (Å²) in [4.78, 5) is 36.9. The summed E-state index contributed by atoms with van der Waals surface area (Å²) in [6, 6.07) is 11.7. The maximum absolute atomic E-state index is 12.8. The van der Waals surface area contributed by atoms with Crippen LogP contribution in [0.4, 0.5) is 5.69 Å². The van der Waals surface area contributed by atoms with E-state index in [1.165, 1.54) is 30.6 Å². The van der Waals surface area contributed by atoms with Crippen molar-refractivity contribution >= 4 is 35.2 Å². The molecule has 2 amide bonds. The van der Waals surface area contributed by atoms with E-state index in [1.807, 2.05) is 0 Å². The van der Waals surface area contributed by atoms with Gasteiger partial charge in [0, 0.05) is 18.7 Å². The number of aromatic amines is 1. The number of anilines is 1. The van der Waals surface area contributed by atoms with E-state index in [4.69, 9.17) is 16.0 Å². The number of halogens is 1. The number of carbonyl (C=O) groups excluding carboxylic acids is 2. The Morgan fingerprint density at radius 3 is 2.66 bits per heavy atom. The minimum Gasteiger partial charge on any atom is -0.465 e. The van der Waals surface area contributed by atoms with Crippen LogP contribution in [-0.4, -0.2) is 29.1 Å². The Balaban J connectivity index is 1.84. The number of benzene rings is 1. The number of nitrogens with zero attached hydrogens (tertiary/aromatic N) is 2. The molecule has 2 heterocycles. The van der Waals surface area contributed by atoms with Crippen molar-refractivity contribution in [3.05, 3.63) is 87.3 Å². The molecule has 3 N–H and O–H groups in total. The number of hydrogen-bond acceptors (Lipinski definition) is 6. The smallest absolute Gasteiger partial charge is 0.286 e. The molecule has 0 saturated carbocycles. The molecule has 0 atom stereocenters. The molecule has 0 spiro atoms. The Hall–Kier alpha value is -3.85. The topological polar surface area (TPSA) is 120 Å². The fourth-order valence-electron chi connectivity index (χ4n) is 2.34. The van der Waals surface area contributed by atoms with Gasteiger partial charge in [-0.1, -0.05) is 29.8 Å². The summed E-state index contributed by atoms with van der Waals surface area (Å²) in [5.74, 6) is -0.774. The normalized spacial score (nSPS) is 11.0. The van der Waals surface area contributed by atoms with E-state index in [2.05, 4.69) is 20.9 Å². The highest BCUT2D eigenvalue weighted by Crippen LogP contribution is 2.17. The van der Waals surface area contributed by atoms with Gasteiger partial charge >= 0.3 is 0 Å². The van der Waals surface area contributed by atoms with Crippen LogP contribution < -0.4 is 21.3 Å². The molecule has 29 heavy (non-hydrogen) atoms. The van der Waals surface area contributed by atoms with Gasteiger partial charge in [0.15, 0.2) is 0 Å². The fraction of sp³-hybridized carbons (Fsp3) is 0.0526. The first-order valence-electron chi connectivity index (χ1n) is 8.35. The van der Waals surface area contributed by atoms with Gasteiger partial charge < -0.3 is 9.73 Å². The first-order valence-corrected chi connectivity index (χ1v) is 8.73. The van der Waals surface area contributed by atoms with E-state index in [1.54, 1.807) is 42.5 Å². The first-order chi connectivity index (χ1) is 14.0. The van der Waals surface area contributed by atoms with Crippen LogP contribution in [0.3, 0.4) is 0 Å². The van der Waals surface area contributed by atoms with Gasteiger partial charge in [0.1, 0.15) is 22.2 Å². The Morgan fingerprint density at radius 2 is 1.97 bits per heavy atom. The minimum absolute atomic E-state index is 0.0745. The number of hydrogen-bond donors (Lipinski definition) is 3. The zero-order valence-electron chi connectivity index (χ0n) is 15.2. The molecule has 0 unspecified atom stereocenters. The molecule has 0 saturated heterocycles. The molecule has 0 bridgehead atoms. The van der Waals surface area contributed by atoms with Crippen molar-refractivity contribution in [1.29, 1.82) is 0 Å². The second-order valence-corrected chi connectivity index (χ2v) is 6.17. The zero-order chi connectivity index (χ0) is 20.8. The van der Waals surface area contributed by atoms with E-state index in [-0.39, 0.29) is 16.4 Å². The van der Waals surface area contributed by atoms with Crippen molar-refractivity contribution in [3.8, 4) is 0 Å². The lowest BCUT2D eigenvalue weighted by Crippen LogP contribution is -2.44. The Kier molecular flexibility index (Phi) is 6.10. The van der Waals surface area contributed by atoms with Crippen molar-refractivity contribution in [2.75, 3.05) is 12.1 Å². The van der Waals surface area contributed by atoms with Gasteiger partial charge in [0.2, 0.25) is 0 Å². The molecule has 0 fully saturated rings. The maximum atomic E-state index is 12.8. The second kappa shape index (κ2) is 8.89. The van der Waals surface area contributed by atoms with Gasteiger partial charge in [-0.25, -0.2) is 5.10 Å². The number of hydrazine groups is 1. The molecule has 10 heteroatoms. The lowest BCUT2D eigenvalue weighted by atomic mass is 10.2. The third-order valence-electron chi connectivity index (χ3n) is 3.77. The van der Waals surface area contributed by atoms with Crippen LogP contribution in [-0.2, 0) is 4.79 Å². The summed E-state index contributed by atoms with van der Waals surface area (Å²) in [6.45, 7) is 0. The molecule has 148 valence electrons. The van der Waals surface area contributed by atoms with Crippen LogP contribution in [0.15, 0.2) is 69.8 Å². The predicted molar refractivity (Wildman–Crippen MR) is 107 cm³/mol. The van der Waals surface area contributed by atoms with E-state index >= 15 is 0 Å². The van der Waals surface area contributed by atoms with Gasteiger partial charge in [-0.15, -0.1) is 0 Å². The molecule has 3 aromatic rings. The maximum Gasteiger partial charge on any atom is 0.286 e. The Labute approximate surface area is 170 Å². The zero-order valence-corrected chi connectivity index (χ0v) is 15.9. The summed E-state index contributed by atoms with van der Waals surface area (Å²) >= 11 is 5.95. The van der Waals surface area contributed by atoms with E-state index in [9.17, 15) is 14.4 Å². The average Bonchev–Trinajstić information content (AvgIpc) is 3.23. The van der Waals surface area contributed by atoms with Crippen molar-refractivity contribution in [3.63, 3.8) is 0 Å². The quantitative estimate of drug-likeness (QED) is 0.419. The summed E-state index contributed by atoms with van der Waals surface area (Å²) in [7, 11) is 1.48. The van der Waals surface area contributed by atoms with Gasteiger partial charge in [-0.2, -0.15) is 5.10 Å². The third-order valence-corrected chi connectivity index (χ3v) is 4.13. The Bertz CT molecular complexity index is 1090. The monoisotopic (exact) mass is 413 g/mol. The van der Waals surface area contributed by atoms with Crippen LogP contribution in [0.5, 0.6) is 0 Å². The van der Waals surface area contributed by atoms with E-state index in [0.29, 0.717) is 11.3 Å². The number of amides is 2. The highest BCUT2D eigenvalue weighted by molar-refractivity contribution is 6.33. The van der Waals surface area contributed by atoms with Gasteiger partial charge in [0.05, 0.1) is 12.5 Å². The van der Waals surface area contributed by atoms with Crippen LogP contribution in [0.25, 0.3) is 6.08 Å². The van der Waals surface area contributed by atoms with Crippen LogP contribution >= 0.6 is 11.6 Å². The number of rotatable bonds is 6. The molecule has 0 aliphatic heterocycles. The summed E-state index contributed by atoms with van der Waals surface area (Å²) < 4.78 is 5.23. The lowest BCUT2D eigenvalue weighted by Gasteiger charge is -2.21. The molecule has 9 nitrogen and oxygen atoms in total. The minimum atomic E-state index is -0.662. The van der Waals surface area contributed by atoms with Crippen molar-refractivity contribution in [1.82, 2.24) is 20.9 Å². The number of nitrogens with one attached hydrogen (secondary N) is 3. The largest absolute Gasteiger partial charge is 0.465 e. The summed E-state index contributed by atoms with van der Waals surface area (Å²) in [5, 5.41) is 9.48. The van der Waals surface area contributed by atoms with Crippen molar-refractivity contribution in [2.24, 2.45) is 0 Å². The molecule has 0 aliphatic rings. The van der Waals surface area contributed by atoms with Crippen LogP contribution in [0.1, 0.15) is 16.1 Å². The lowest BCUT2D eigenvalue weighted by molar-refractivity contribution is -0.117. The number of carbonyl (C=O) groups is 2. The average molecular weight is 414 g/mol.